The summed E-state index contributed by atoms with van der Waals surface area (Å²) in [5, 5.41) is 2.72. The number of aryl methyl sites for hydroxylation is 1. The summed E-state index contributed by atoms with van der Waals surface area (Å²) in [7, 11) is 0. The molecule has 3 aromatic rings. The number of anilines is 1. The molecule has 0 spiro atoms. The van der Waals surface area contributed by atoms with E-state index in [1.807, 2.05) is 0 Å². The number of aromatic nitrogens is 1. The zero-order valence-corrected chi connectivity index (χ0v) is 13.7. The molecular formula is C16H12BrFN2O3. The van der Waals surface area contributed by atoms with E-state index in [9.17, 15) is 9.18 Å². The maximum Gasteiger partial charge on any atom is 0.262 e. The van der Waals surface area contributed by atoms with Crippen LogP contribution in [0.4, 0.5) is 10.1 Å². The van der Waals surface area contributed by atoms with Crippen molar-refractivity contribution in [3.8, 4) is 5.75 Å². The number of hydrogen-bond donors (Lipinski definition) is 1. The molecule has 0 fully saturated rings. The highest BCUT2D eigenvalue weighted by molar-refractivity contribution is 9.10. The van der Waals surface area contributed by atoms with E-state index in [1.54, 1.807) is 19.1 Å². The van der Waals surface area contributed by atoms with E-state index >= 15 is 0 Å². The molecule has 0 saturated carbocycles. The minimum atomic E-state index is -0.362. The molecule has 0 aliphatic rings. The van der Waals surface area contributed by atoms with E-state index in [2.05, 4.69) is 26.2 Å². The maximum atomic E-state index is 12.8. The van der Waals surface area contributed by atoms with Crippen LogP contribution in [0.5, 0.6) is 5.75 Å². The van der Waals surface area contributed by atoms with Gasteiger partial charge >= 0.3 is 0 Å². The average molecular weight is 379 g/mol. The summed E-state index contributed by atoms with van der Waals surface area (Å²) in [5.41, 5.74) is 1.65. The fourth-order valence-corrected chi connectivity index (χ4v) is 2.51. The summed E-state index contributed by atoms with van der Waals surface area (Å²) in [6, 6.07) is 8.98. The van der Waals surface area contributed by atoms with Crippen LogP contribution < -0.4 is 10.1 Å². The molecule has 1 N–H and O–H groups in total. The third-order valence-corrected chi connectivity index (χ3v) is 3.48. The molecule has 1 heterocycles. The van der Waals surface area contributed by atoms with Gasteiger partial charge in [-0.1, -0.05) is 15.9 Å². The number of carbonyl (C=O) groups is 1. The van der Waals surface area contributed by atoms with Gasteiger partial charge in [0.25, 0.3) is 5.91 Å². The number of ether oxygens (including phenoxy) is 1. The summed E-state index contributed by atoms with van der Waals surface area (Å²) < 4.78 is 24.4. The van der Waals surface area contributed by atoms with Crippen molar-refractivity contribution in [2.75, 3.05) is 11.9 Å². The number of fused-ring (bicyclic) bond motifs is 1. The van der Waals surface area contributed by atoms with Crippen molar-refractivity contribution in [2.45, 2.75) is 6.92 Å². The molecule has 1 aromatic heterocycles. The number of halogens is 2. The van der Waals surface area contributed by atoms with Crippen molar-refractivity contribution in [3.05, 3.63) is 52.6 Å². The second kappa shape index (κ2) is 6.37. The number of nitrogens with zero attached hydrogens (tertiary/aromatic N) is 1. The molecule has 0 aliphatic carbocycles. The van der Waals surface area contributed by atoms with E-state index in [4.69, 9.17) is 9.15 Å². The minimum Gasteiger partial charge on any atom is -0.484 e. The SMILES string of the molecule is Cc1nc2cc(Br)cc(NC(=O)COc3ccc(F)cc3)c2o1. The number of nitrogens with one attached hydrogen (secondary N) is 1. The molecule has 5 nitrogen and oxygen atoms in total. The molecule has 0 aliphatic heterocycles. The molecule has 0 bridgehead atoms. The smallest absolute Gasteiger partial charge is 0.262 e. The van der Waals surface area contributed by atoms with Crippen LogP contribution in [-0.4, -0.2) is 17.5 Å². The Bertz CT molecular complexity index is 862. The minimum absolute atomic E-state index is 0.202. The molecule has 0 saturated heterocycles. The second-order valence-electron chi connectivity index (χ2n) is 4.83. The van der Waals surface area contributed by atoms with E-state index in [-0.39, 0.29) is 18.3 Å². The van der Waals surface area contributed by atoms with Crippen LogP contribution >= 0.6 is 15.9 Å². The summed E-state index contributed by atoms with van der Waals surface area (Å²) >= 11 is 3.37. The second-order valence-corrected chi connectivity index (χ2v) is 5.74. The van der Waals surface area contributed by atoms with E-state index in [0.717, 1.165) is 4.47 Å². The van der Waals surface area contributed by atoms with Crippen LogP contribution in [-0.2, 0) is 4.79 Å². The quantitative estimate of drug-likeness (QED) is 0.743. The van der Waals surface area contributed by atoms with Gasteiger partial charge in [0.05, 0.1) is 5.69 Å². The third-order valence-electron chi connectivity index (χ3n) is 3.02. The first kappa shape index (κ1) is 15.5. The van der Waals surface area contributed by atoms with Gasteiger partial charge in [-0.2, -0.15) is 0 Å². The largest absolute Gasteiger partial charge is 0.484 e. The van der Waals surface area contributed by atoms with Gasteiger partial charge in [0.1, 0.15) is 17.1 Å². The maximum absolute atomic E-state index is 12.8. The van der Waals surface area contributed by atoms with E-state index < -0.39 is 0 Å². The van der Waals surface area contributed by atoms with Gasteiger partial charge in [-0.15, -0.1) is 0 Å². The van der Waals surface area contributed by atoms with Crippen molar-refractivity contribution in [1.29, 1.82) is 0 Å². The van der Waals surface area contributed by atoms with Crippen LogP contribution in [0.1, 0.15) is 5.89 Å². The van der Waals surface area contributed by atoms with E-state index in [0.29, 0.717) is 28.4 Å². The first-order valence-corrected chi connectivity index (χ1v) is 7.55. The fourth-order valence-electron chi connectivity index (χ4n) is 2.07. The first-order valence-electron chi connectivity index (χ1n) is 6.76. The molecule has 0 atom stereocenters. The predicted molar refractivity (Wildman–Crippen MR) is 87.0 cm³/mol. The van der Waals surface area contributed by atoms with Crippen LogP contribution in [0.15, 0.2) is 45.3 Å². The molecule has 0 radical (unpaired) electrons. The Balaban J connectivity index is 1.71. The number of benzene rings is 2. The Morgan fingerprint density at radius 3 is 2.83 bits per heavy atom. The fraction of sp³-hybridized carbons (Fsp3) is 0.125. The predicted octanol–water partition coefficient (Wildman–Crippen LogP) is 4.06. The standard InChI is InChI=1S/C16H12BrFN2O3/c1-9-19-13-6-10(17)7-14(16(13)23-9)20-15(21)8-22-12-4-2-11(18)3-5-12/h2-7H,8H2,1H3,(H,20,21). The highest BCUT2D eigenvalue weighted by atomic mass is 79.9. The third kappa shape index (κ3) is 3.68. The first-order chi connectivity index (χ1) is 11.0. The zero-order valence-electron chi connectivity index (χ0n) is 12.1. The Labute approximate surface area is 139 Å². The average Bonchev–Trinajstić information content (AvgIpc) is 2.87. The lowest BCUT2D eigenvalue weighted by molar-refractivity contribution is -0.118. The highest BCUT2D eigenvalue weighted by Gasteiger charge is 2.12. The molecular weight excluding hydrogens is 367 g/mol. The van der Waals surface area contributed by atoms with Crippen LogP contribution in [0, 0.1) is 12.7 Å². The summed E-state index contributed by atoms with van der Waals surface area (Å²) in [4.78, 5) is 16.3. The van der Waals surface area contributed by atoms with Crippen LogP contribution in [0.25, 0.3) is 11.1 Å². The Hall–Kier alpha value is -2.41. The van der Waals surface area contributed by atoms with E-state index in [1.165, 1.54) is 24.3 Å². The van der Waals surface area contributed by atoms with Gasteiger partial charge in [0, 0.05) is 11.4 Å². The van der Waals surface area contributed by atoms with Crippen molar-refractivity contribution in [2.24, 2.45) is 0 Å². The highest BCUT2D eigenvalue weighted by Crippen LogP contribution is 2.28. The molecule has 118 valence electrons. The summed E-state index contributed by atoms with van der Waals surface area (Å²) in [5.74, 6) is 0.203. The summed E-state index contributed by atoms with van der Waals surface area (Å²) in [6.45, 7) is 1.53. The van der Waals surface area contributed by atoms with Gasteiger partial charge < -0.3 is 14.5 Å². The zero-order chi connectivity index (χ0) is 16.4. The Kier molecular flexibility index (Phi) is 4.29. The monoisotopic (exact) mass is 378 g/mol. The number of amides is 1. The van der Waals surface area contributed by atoms with Gasteiger partial charge in [-0.05, 0) is 36.4 Å². The number of rotatable bonds is 4. The Morgan fingerprint density at radius 1 is 1.35 bits per heavy atom. The molecule has 1 amide bonds. The topological polar surface area (TPSA) is 64.4 Å². The van der Waals surface area contributed by atoms with Gasteiger partial charge in [0.15, 0.2) is 18.1 Å². The van der Waals surface area contributed by atoms with Gasteiger partial charge in [-0.3, -0.25) is 4.79 Å². The molecule has 0 unspecified atom stereocenters. The number of oxazole rings is 1. The van der Waals surface area contributed by atoms with Gasteiger partial charge in [0.2, 0.25) is 0 Å². The number of carbonyl (C=O) groups excluding carboxylic acids is 1. The van der Waals surface area contributed by atoms with Crippen LogP contribution in [0.2, 0.25) is 0 Å². The van der Waals surface area contributed by atoms with Gasteiger partial charge in [-0.25, -0.2) is 9.37 Å². The van der Waals surface area contributed by atoms with Crippen LogP contribution in [0.3, 0.4) is 0 Å². The molecule has 2 aromatic carbocycles. The number of hydrogen-bond acceptors (Lipinski definition) is 4. The van der Waals surface area contributed by atoms with Crippen molar-refractivity contribution < 1.29 is 18.3 Å². The molecule has 3 rings (SSSR count). The molecule has 7 heteroatoms. The van der Waals surface area contributed by atoms with Crippen molar-refractivity contribution >= 4 is 38.6 Å². The lowest BCUT2D eigenvalue weighted by atomic mass is 10.3. The summed E-state index contributed by atoms with van der Waals surface area (Å²) in [6.07, 6.45) is 0. The van der Waals surface area contributed by atoms with Crippen molar-refractivity contribution in [3.63, 3.8) is 0 Å². The lowest BCUT2D eigenvalue weighted by Gasteiger charge is -2.08. The molecule has 23 heavy (non-hydrogen) atoms. The normalized spacial score (nSPS) is 10.7. The van der Waals surface area contributed by atoms with Crippen molar-refractivity contribution in [1.82, 2.24) is 4.98 Å². The Morgan fingerprint density at radius 2 is 2.09 bits per heavy atom. The lowest BCUT2D eigenvalue weighted by Crippen LogP contribution is -2.20.